The molecule has 1 unspecified atom stereocenters. The van der Waals surface area contributed by atoms with Gasteiger partial charge >= 0.3 is 0 Å². The van der Waals surface area contributed by atoms with Crippen LogP contribution in [0.1, 0.15) is 12.8 Å². The highest BCUT2D eigenvalue weighted by Gasteiger charge is 2.36. The summed E-state index contributed by atoms with van der Waals surface area (Å²) in [6, 6.07) is 3.04. The van der Waals surface area contributed by atoms with Gasteiger partial charge in [0.15, 0.2) is 0 Å². The average molecular weight is 348 g/mol. The van der Waals surface area contributed by atoms with E-state index in [1.54, 1.807) is 12.5 Å². The van der Waals surface area contributed by atoms with Gasteiger partial charge in [-0.3, -0.25) is 9.59 Å². The van der Waals surface area contributed by atoms with Crippen molar-refractivity contribution >= 4 is 17.5 Å². The molecule has 2 aromatic rings. The predicted octanol–water partition coefficient (Wildman–Crippen LogP) is 1.72. The number of nitrogens with zero attached hydrogens (tertiary/aromatic N) is 3. The first-order valence-electron chi connectivity index (χ1n) is 8.03. The summed E-state index contributed by atoms with van der Waals surface area (Å²) in [4.78, 5) is 29.4. The Kier molecular flexibility index (Phi) is 5.06. The zero-order valence-corrected chi connectivity index (χ0v) is 13.5. The Morgan fingerprint density at radius 3 is 2.92 bits per heavy atom. The molecule has 0 radical (unpaired) electrons. The molecule has 2 amide bonds. The summed E-state index contributed by atoms with van der Waals surface area (Å²) in [6.07, 6.45) is 5.98. The van der Waals surface area contributed by atoms with Crippen LogP contribution in [0.5, 0.6) is 0 Å². The van der Waals surface area contributed by atoms with Crippen LogP contribution in [0.2, 0.25) is 0 Å². The minimum atomic E-state index is -0.810. The van der Waals surface area contributed by atoms with Gasteiger partial charge in [-0.1, -0.05) is 0 Å². The Morgan fingerprint density at radius 1 is 1.36 bits per heavy atom. The number of aryl methyl sites for hydroxylation is 1. The van der Waals surface area contributed by atoms with Crippen LogP contribution in [0, 0.1) is 17.6 Å². The van der Waals surface area contributed by atoms with Crippen LogP contribution in [-0.2, 0) is 16.1 Å². The van der Waals surface area contributed by atoms with Crippen molar-refractivity contribution in [3.05, 3.63) is 48.6 Å². The maximum atomic E-state index is 13.8. The number of hydrogen-bond donors (Lipinski definition) is 1. The van der Waals surface area contributed by atoms with E-state index in [2.05, 4.69) is 10.3 Å². The molecule has 132 valence electrons. The number of hydrogen-bond acceptors (Lipinski definition) is 3. The van der Waals surface area contributed by atoms with E-state index in [4.69, 9.17) is 0 Å². The van der Waals surface area contributed by atoms with Gasteiger partial charge in [-0.05, 0) is 18.6 Å². The van der Waals surface area contributed by atoms with E-state index in [1.807, 2.05) is 10.8 Å². The largest absolute Gasteiger partial charge is 0.356 e. The maximum absolute atomic E-state index is 13.8. The molecule has 1 atom stereocenters. The second-order valence-corrected chi connectivity index (χ2v) is 5.95. The van der Waals surface area contributed by atoms with E-state index in [0.717, 1.165) is 25.1 Å². The number of anilines is 1. The van der Waals surface area contributed by atoms with Crippen molar-refractivity contribution in [2.75, 3.05) is 18.0 Å². The number of halogens is 2. The van der Waals surface area contributed by atoms with Crippen LogP contribution in [0.15, 0.2) is 36.9 Å². The van der Waals surface area contributed by atoms with Crippen LogP contribution in [0.25, 0.3) is 0 Å². The van der Waals surface area contributed by atoms with Gasteiger partial charge in [-0.15, -0.1) is 0 Å². The standard InChI is InChI=1S/C17H18F2N4O2/c18-13-2-3-15(14(19)9-13)23-10-12(8-16(23)24)17(25)21-4-1-6-22-7-5-20-11-22/h2-3,5,7,9,11-12H,1,4,6,8,10H2,(H,21,25). The van der Waals surface area contributed by atoms with E-state index in [1.165, 1.54) is 11.0 Å². The van der Waals surface area contributed by atoms with E-state index in [0.29, 0.717) is 6.54 Å². The molecule has 3 rings (SSSR count). The monoisotopic (exact) mass is 348 g/mol. The van der Waals surface area contributed by atoms with Crippen molar-refractivity contribution in [3.8, 4) is 0 Å². The Morgan fingerprint density at radius 2 is 2.20 bits per heavy atom. The second-order valence-electron chi connectivity index (χ2n) is 5.95. The summed E-state index contributed by atoms with van der Waals surface area (Å²) in [7, 11) is 0. The molecule has 0 bridgehead atoms. The summed E-state index contributed by atoms with van der Waals surface area (Å²) in [6.45, 7) is 1.30. The van der Waals surface area contributed by atoms with E-state index in [9.17, 15) is 18.4 Å². The molecule has 1 saturated heterocycles. The minimum absolute atomic E-state index is 0.00167. The molecule has 1 N–H and O–H groups in total. The molecule has 1 aromatic heterocycles. The Balaban J connectivity index is 1.52. The topological polar surface area (TPSA) is 67.2 Å². The van der Waals surface area contributed by atoms with Crippen molar-refractivity contribution in [2.45, 2.75) is 19.4 Å². The number of rotatable bonds is 6. The maximum Gasteiger partial charge on any atom is 0.227 e. The van der Waals surface area contributed by atoms with Crippen LogP contribution in [0.4, 0.5) is 14.5 Å². The predicted molar refractivity (Wildman–Crippen MR) is 86.7 cm³/mol. The number of benzene rings is 1. The van der Waals surface area contributed by atoms with Gasteiger partial charge in [-0.2, -0.15) is 0 Å². The third-order valence-corrected chi connectivity index (χ3v) is 4.15. The van der Waals surface area contributed by atoms with E-state index in [-0.39, 0.29) is 30.5 Å². The summed E-state index contributed by atoms with van der Waals surface area (Å²) in [5.74, 6) is -2.63. The Hall–Kier alpha value is -2.77. The van der Waals surface area contributed by atoms with Crippen molar-refractivity contribution < 1.29 is 18.4 Å². The molecule has 0 aliphatic carbocycles. The summed E-state index contributed by atoms with van der Waals surface area (Å²) < 4.78 is 28.8. The number of carbonyl (C=O) groups excluding carboxylic acids is 2. The lowest BCUT2D eigenvalue weighted by Gasteiger charge is -2.17. The van der Waals surface area contributed by atoms with Crippen molar-refractivity contribution in [1.82, 2.24) is 14.9 Å². The number of amides is 2. The van der Waals surface area contributed by atoms with Crippen LogP contribution in [0.3, 0.4) is 0 Å². The fourth-order valence-electron chi connectivity index (χ4n) is 2.85. The molecule has 1 aliphatic rings. The Labute approximate surface area is 143 Å². The molecular formula is C17H18F2N4O2. The fourth-order valence-corrected chi connectivity index (χ4v) is 2.85. The van der Waals surface area contributed by atoms with Crippen LogP contribution in [-0.4, -0.2) is 34.5 Å². The number of imidazole rings is 1. The zero-order valence-electron chi connectivity index (χ0n) is 13.5. The SMILES string of the molecule is O=C(NCCCn1ccnc1)C1CC(=O)N(c2ccc(F)cc2F)C1. The summed E-state index contributed by atoms with van der Waals surface area (Å²) >= 11 is 0. The first kappa shape index (κ1) is 17.1. The quantitative estimate of drug-likeness (QED) is 0.809. The van der Waals surface area contributed by atoms with Gasteiger partial charge in [0.2, 0.25) is 11.8 Å². The average Bonchev–Trinajstić information content (AvgIpc) is 3.21. The second kappa shape index (κ2) is 7.42. The normalized spacial score (nSPS) is 17.1. The molecule has 1 aromatic carbocycles. The summed E-state index contributed by atoms with van der Waals surface area (Å²) in [5, 5.41) is 2.80. The lowest BCUT2D eigenvalue weighted by atomic mass is 10.1. The van der Waals surface area contributed by atoms with Gasteiger partial charge in [-0.25, -0.2) is 13.8 Å². The van der Waals surface area contributed by atoms with Gasteiger partial charge in [0.1, 0.15) is 11.6 Å². The zero-order chi connectivity index (χ0) is 17.8. The van der Waals surface area contributed by atoms with Gasteiger partial charge < -0.3 is 14.8 Å². The fraction of sp³-hybridized carbons (Fsp3) is 0.353. The molecule has 2 heterocycles. The smallest absolute Gasteiger partial charge is 0.227 e. The number of carbonyl (C=O) groups is 2. The molecule has 6 nitrogen and oxygen atoms in total. The van der Waals surface area contributed by atoms with E-state index < -0.39 is 17.6 Å². The lowest BCUT2D eigenvalue weighted by molar-refractivity contribution is -0.126. The Bertz CT molecular complexity index is 764. The first-order valence-corrected chi connectivity index (χ1v) is 8.03. The molecule has 8 heteroatoms. The number of aromatic nitrogens is 2. The number of nitrogens with one attached hydrogen (secondary N) is 1. The van der Waals surface area contributed by atoms with Crippen molar-refractivity contribution in [1.29, 1.82) is 0 Å². The minimum Gasteiger partial charge on any atom is -0.356 e. The van der Waals surface area contributed by atoms with Crippen molar-refractivity contribution in [2.24, 2.45) is 5.92 Å². The van der Waals surface area contributed by atoms with Gasteiger partial charge in [0, 0.05) is 44.5 Å². The highest BCUT2D eigenvalue weighted by molar-refractivity contribution is 6.00. The molecule has 1 aliphatic heterocycles. The summed E-state index contributed by atoms with van der Waals surface area (Å²) in [5.41, 5.74) is 0.00167. The van der Waals surface area contributed by atoms with Gasteiger partial charge in [0.05, 0.1) is 17.9 Å². The lowest BCUT2D eigenvalue weighted by Crippen LogP contribution is -2.34. The molecule has 25 heavy (non-hydrogen) atoms. The van der Waals surface area contributed by atoms with E-state index >= 15 is 0 Å². The van der Waals surface area contributed by atoms with Crippen LogP contribution < -0.4 is 10.2 Å². The highest BCUT2D eigenvalue weighted by atomic mass is 19.1. The van der Waals surface area contributed by atoms with Gasteiger partial charge in [0.25, 0.3) is 0 Å². The van der Waals surface area contributed by atoms with Crippen LogP contribution >= 0.6 is 0 Å². The molecule has 0 spiro atoms. The third kappa shape index (κ3) is 4.01. The first-order chi connectivity index (χ1) is 12.0. The third-order valence-electron chi connectivity index (χ3n) is 4.15. The van der Waals surface area contributed by atoms with Crippen molar-refractivity contribution in [3.63, 3.8) is 0 Å². The highest BCUT2D eigenvalue weighted by Crippen LogP contribution is 2.27. The molecular weight excluding hydrogens is 330 g/mol. The molecule has 0 saturated carbocycles. The molecule has 1 fully saturated rings.